The van der Waals surface area contributed by atoms with Gasteiger partial charge in [-0.3, -0.25) is 4.44 Å². The summed E-state index contributed by atoms with van der Waals surface area (Å²) in [6, 6.07) is 46.1. The average molecular weight is 550 g/mol. The molecule has 4 aromatic carbocycles. The van der Waals surface area contributed by atoms with Crippen LogP contribution in [0.15, 0.2) is 121 Å². The molecule has 39 heavy (non-hydrogen) atoms. The quantitative estimate of drug-likeness (QED) is 0.188. The van der Waals surface area contributed by atoms with Crippen LogP contribution in [0.25, 0.3) is 0 Å². The summed E-state index contributed by atoms with van der Waals surface area (Å²) in [6.07, 6.45) is 7.73. The molecule has 0 radical (unpaired) electrons. The van der Waals surface area contributed by atoms with E-state index in [1.165, 1.54) is 45.1 Å². The molecular formula is C36H41NP2. The fourth-order valence-electron chi connectivity index (χ4n) is 6.87. The SMILES string of the molecule is CCCCN(P1[C@@H](c2ccccc2)CC[C@@H]1c1ccccc1)P1[C@@H](c2ccccc2)CC[C@@H]1c1ccccc1. The Hall–Kier alpha value is -2.30. The third-order valence-electron chi connectivity index (χ3n) is 8.69. The van der Waals surface area contributed by atoms with Gasteiger partial charge in [-0.15, -0.1) is 0 Å². The van der Waals surface area contributed by atoms with E-state index in [0.717, 1.165) is 0 Å². The summed E-state index contributed by atoms with van der Waals surface area (Å²) >= 11 is 0. The van der Waals surface area contributed by atoms with Crippen LogP contribution in [0.1, 0.15) is 90.3 Å². The van der Waals surface area contributed by atoms with Gasteiger partial charge in [0.05, 0.1) is 0 Å². The fraction of sp³-hybridized carbons (Fsp3) is 0.333. The van der Waals surface area contributed by atoms with Gasteiger partial charge >= 0.3 is 0 Å². The molecule has 2 saturated heterocycles. The maximum absolute atomic E-state index is 3.18. The summed E-state index contributed by atoms with van der Waals surface area (Å²) in [7, 11) is -0.765. The number of hydrogen-bond donors (Lipinski definition) is 0. The Balaban J connectivity index is 1.48. The second-order valence-corrected chi connectivity index (χ2v) is 16.4. The zero-order valence-corrected chi connectivity index (χ0v) is 24.9. The van der Waals surface area contributed by atoms with E-state index in [2.05, 4.69) is 133 Å². The molecule has 6 rings (SSSR count). The molecule has 200 valence electrons. The van der Waals surface area contributed by atoms with E-state index in [1.54, 1.807) is 22.3 Å². The topological polar surface area (TPSA) is 3.24 Å². The number of unbranched alkanes of at least 4 members (excludes halogenated alkanes) is 1. The van der Waals surface area contributed by atoms with Crippen molar-refractivity contribution in [3.05, 3.63) is 144 Å². The van der Waals surface area contributed by atoms with Gasteiger partial charge < -0.3 is 0 Å². The van der Waals surface area contributed by atoms with Crippen molar-refractivity contribution in [2.45, 2.75) is 68.1 Å². The Morgan fingerprint density at radius 2 is 0.769 bits per heavy atom. The third-order valence-corrected chi connectivity index (χ3v) is 16.2. The highest BCUT2D eigenvalue weighted by molar-refractivity contribution is 7.71. The Morgan fingerprint density at radius 1 is 0.487 bits per heavy atom. The van der Waals surface area contributed by atoms with Crippen LogP contribution in [0, 0.1) is 0 Å². The molecule has 0 aliphatic carbocycles. The van der Waals surface area contributed by atoms with Gasteiger partial charge in [0.25, 0.3) is 0 Å². The van der Waals surface area contributed by atoms with E-state index in [0.29, 0.717) is 22.6 Å². The highest BCUT2D eigenvalue weighted by Crippen LogP contribution is 2.83. The number of hydrogen-bond acceptors (Lipinski definition) is 1. The lowest BCUT2D eigenvalue weighted by atomic mass is 10.0. The van der Waals surface area contributed by atoms with Gasteiger partial charge in [-0.05, 0) is 70.5 Å². The van der Waals surface area contributed by atoms with Crippen LogP contribution in [0.4, 0.5) is 0 Å². The van der Waals surface area contributed by atoms with Crippen molar-refractivity contribution < 1.29 is 0 Å². The zero-order chi connectivity index (χ0) is 26.4. The van der Waals surface area contributed by atoms with E-state index in [4.69, 9.17) is 0 Å². The van der Waals surface area contributed by atoms with Crippen molar-refractivity contribution in [2.24, 2.45) is 0 Å². The smallest absolute Gasteiger partial charge is 0.0183 e. The number of rotatable bonds is 9. The Morgan fingerprint density at radius 3 is 1.03 bits per heavy atom. The lowest BCUT2D eigenvalue weighted by Gasteiger charge is -2.45. The molecule has 2 fully saturated rings. The molecule has 2 heterocycles. The lowest BCUT2D eigenvalue weighted by molar-refractivity contribution is 0.618. The largest absolute Gasteiger partial charge is 0.258 e. The molecule has 0 bridgehead atoms. The van der Waals surface area contributed by atoms with Gasteiger partial charge in [0.15, 0.2) is 0 Å². The maximum Gasteiger partial charge on any atom is 0.0183 e. The number of nitrogens with zero attached hydrogens (tertiary/aromatic N) is 1. The van der Waals surface area contributed by atoms with E-state index in [9.17, 15) is 0 Å². The highest BCUT2D eigenvalue weighted by atomic mass is 31.2. The monoisotopic (exact) mass is 549 g/mol. The van der Waals surface area contributed by atoms with Crippen molar-refractivity contribution in [1.29, 1.82) is 0 Å². The van der Waals surface area contributed by atoms with E-state index >= 15 is 0 Å². The van der Waals surface area contributed by atoms with Crippen molar-refractivity contribution in [3.63, 3.8) is 0 Å². The minimum atomic E-state index is -0.382. The zero-order valence-electron chi connectivity index (χ0n) is 23.1. The molecule has 4 atom stereocenters. The summed E-state index contributed by atoms with van der Waals surface area (Å²) < 4.78 is 3.18. The second-order valence-electron chi connectivity index (χ2n) is 11.1. The summed E-state index contributed by atoms with van der Waals surface area (Å²) in [5.41, 5.74) is 8.79. The van der Waals surface area contributed by atoms with Gasteiger partial charge in [0.2, 0.25) is 0 Å². The van der Waals surface area contributed by atoms with E-state index in [1.807, 2.05) is 0 Å². The third kappa shape index (κ3) is 5.79. The van der Waals surface area contributed by atoms with Crippen molar-refractivity contribution in [2.75, 3.05) is 6.54 Å². The van der Waals surface area contributed by atoms with Gasteiger partial charge in [-0.1, -0.05) is 135 Å². The van der Waals surface area contributed by atoms with Gasteiger partial charge in [0.1, 0.15) is 0 Å². The normalized spacial score (nSPS) is 23.9. The molecule has 0 amide bonds. The Labute approximate surface area is 238 Å². The molecule has 1 nitrogen and oxygen atoms in total. The van der Waals surface area contributed by atoms with Crippen LogP contribution in [0.3, 0.4) is 0 Å². The lowest BCUT2D eigenvalue weighted by Crippen LogP contribution is -2.20. The van der Waals surface area contributed by atoms with Crippen molar-refractivity contribution in [1.82, 2.24) is 4.44 Å². The molecule has 3 heteroatoms. The maximum atomic E-state index is 3.18. The molecule has 2 aliphatic heterocycles. The van der Waals surface area contributed by atoms with E-state index < -0.39 is 0 Å². The summed E-state index contributed by atoms with van der Waals surface area (Å²) in [5.74, 6) is 0. The molecule has 0 N–H and O–H groups in total. The summed E-state index contributed by atoms with van der Waals surface area (Å²) in [5, 5.41) is 0. The van der Waals surface area contributed by atoms with Crippen LogP contribution in [0.2, 0.25) is 0 Å². The highest BCUT2D eigenvalue weighted by Gasteiger charge is 2.49. The minimum absolute atomic E-state index is 0.382. The minimum Gasteiger partial charge on any atom is -0.258 e. The molecule has 0 aromatic heterocycles. The number of benzene rings is 4. The average Bonchev–Trinajstić information content (AvgIpc) is 3.65. The summed E-state index contributed by atoms with van der Waals surface area (Å²) in [4.78, 5) is 0. The van der Waals surface area contributed by atoms with Crippen LogP contribution in [-0.4, -0.2) is 11.0 Å². The van der Waals surface area contributed by atoms with Crippen molar-refractivity contribution >= 4 is 16.1 Å². The molecule has 4 aromatic rings. The first kappa shape index (κ1) is 26.9. The Bertz CT molecular complexity index is 1090. The van der Waals surface area contributed by atoms with Crippen LogP contribution in [-0.2, 0) is 0 Å². The van der Waals surface area contributed by atoms with Crippen molar-refractivity contribution in [3.8, 4) is 0 Å². The molecule has 2 aliphatic rings. The van der Waals surface area contributed by atoms with Crippen LogP contribution >= 0.6 is 16.1 Å². The summed E-state index contributed by atoms with van der Waals surface area (Å²) in [6.45, 7) is 3.60. The Kier molecular flexibility index (Phi) is 8.91. The first-order valence-corrected chi connectivity index (χ1v) is 17.8. The molecular weight excluding hydrogens is 508 g/mol. The predicted octanol–water partition coefficient (Wildman–Crippen LogP) is 11.4. The van der Waals surface area contributed by atoms with Gasteiger partial charge in [0, 0.05) is 29.2 Å². The first-order valence-electron chi connectivity index (χ1n) is 14.9. The first-order chi connectivity index (χ1) is 19.3. The predicted molar refractivity (Wildman–Crippen MR) is 171 cm³/mol. The fourth-order valence-corrected chi connectivity index (χ4v) is 15.8. The molecule has 0 saturated carbocycles. The van der Waals surface area contributed by atoms with Crippen LogP contribution < -0.4 is 0 Å². The molecule has 0 unspecified atom stereocenters. The van der Waals surface area contributed by atoms with Gasteiger partial charge in [-0.2, -0.15) is 0 Å². The van der Waals surface area contributed by atoms with E-state index in [-0.39, 0.29) is 16.1 Å². The van der Waals surface area contributed by atoms with Crippen LogP contribution in [0.5, 0.6) is 0 Å². The standard InChI is InChI=1S/C36H41NP2/c1-2-3-28-37(38-33(29-16-8-4-9-17-29)24-25-34(38)30-18-10-5-11-19-30)39-35(31-20-12-6-13-21-31)26-27-36(39)32-22-14-7-15-23-32/h4-23,33-36H,2-3,24-28H2,1H3/t33-,34-,35-,36-/m1/s1. The van der Waals surface area contributed by atoms with Gasteiger partial charge in [-0.25, -0.2) is 0 Å². The second kappa shape index (κ2) is 12.9. The molecule has 0 spiro atoms.